The van der Waals surface area contributed by atoms with Crippen LogP contribution in [0.5, 0.6) is 17.2 Å². The highest BCUT2D eigenvalue weighted by Gasteiger charge is 2.32. The minimum absolute atomic E-state index is 0.0244. The number of carboxylic acid groups (broad SMARTS) is 1. The van der Waals surface area contributed by atoms with E-state index in [0.29, 0.717) is 36.8 Å². The Morgan fingerprint density at radius 2 is 2.09 bits per heavy atom. The number of carbonyl (C=O) groups is 1. The maximum absolute atomic E-state index is 11.6. The number of benzene rings is 1. The summed E-state index contributed by atoms with van der Waals surface area (Å²) >= 11 is 1.52. The van der Waals surface area contributed by atoms with E-state index < -0.39 is 11.9 Å². The maximum atomic E-state index is 11.6. The molecule has 0 radical (unpaired) electrons. The molecule has 2 unspecified atom stereocenters. The van der Waals surface area contributed by atoms with E-state index in [9.17, 15) is 9.90 Å². The average Bonchev–Trinajstić information content (AvgIpc) is 3.43. The fourth-order valence-corrected chi connectivity index (χ4v) is 5.19. The number of H-pyrrole nitrogens is 1. The molecule has 0 fully saturated rings. The predicted molar refractivity (Wildman–Crippen MR) is 133 cm³/mol. The fourth-order valence-electron chi connectivity index (χ4n) is 3.89. The number of aromatic nitrogens is 2. The van der Waals surface area contributed by atoms with Gasteiger partial charge in [-0.3, -0.25) is 14.8 Å². The number of pyridine rings is 1. The van der Waals surface area contributed by atoms with Crippen LogP contribution in [0.3, 0.4) is 0 Å². The zero-order chi connectivity index (χ0) is 24.2. The molecule has 2 aromatic heterocycles. The van der Waals surface area contributed by atoms with E-state index in [1.807, 2.05) is 51.1 Å². The van der Waals surface area contributed by atoms with Crippen LogP contribution in [0.15, 0.2) is 41.5 Å². The largest absolute Gasteiger partial charge is 0.489 e. The molecule has 0 saturated carbocycles. The number of thioether (sulfide) groups is 1. The third-order valence-electron chi connectivity index (χ3n) is 5.47. The normalized spacial score (nSPS) is 16.6. The van der Waals surface area contributed by atoms with Crippen molar-refractivity contribution in [1.82, 2.24) is 9.97 Å². The van der Waals surface area contributed by atoms with Gasteiger partial charge in [0.1, 0.15) is 22.3 Å². The van der Waals surface area contributed by atoms with Gasteiger partial charge in [-0.25, -0.2) is 0 Å². The van der Waals surface area contributed by atoms with E-state index in [0.717, 1.165) is 27.3 Å². The number of nitrogens with one attached hydrogen (secondary N) is 1. The van der Waals surface area contributed by atoms with Gasteiger partial charge in [-0.1, -0.05) is 18.7 Å². The number of aliphatic carboxylic acids is 1. The number of rotatable bonds is 10. The molecular weight excluding hydrogens is 454 g/mol. The van der Waals surface area contributed by atoms with Gasteiger partial charge in [0.15, 0.2) is 0 Å². The Hall–Kier alpha value is -3.04. The SMILES string of the molecule is CCC(C(=O)O)C1CN=C(c2cc3cc(Oc4ccc(COC)nc4)cc(OC(C)C)c3[nH]2)S1. The number of hydrogen-bond acceptors (Lipinski definition) is 7. The van der Waals surface area contributed by atoms with Gasteiger partial charge in [-0.05, 0) is 44.5 Å². The van der Waals surface area contributed by atoms with Crippen LogP contribution in [0.4, 0.5) is 0 Å². The maximum Gasteiger partial charge on any atom is 0.307 e. The highest BCUT2D eigenvalue weighted by Crippen LogP contribution is 2.37. The summed E-state index contributed by atoms with van der Waals surface area (Å²) in [5, 5.41) is 11.2. The van der Waals surface area contributed by atoms with Gasteiger partial charge in [0, 0.05) is 23.8 Å². The van der Waals surface area contributed by atoms with E-state index >= 15 is 0 Å². The first-order chi connectivity index (χ1) is 16.4. The van der Waals surface area contributed by atoms with Crippen LogP contribution in [0.2, 0.25) is 0 Å². The topological polar surface area (TPSA) is 106 Å². The molecule has 0 saturated heterocycles. The number of aromatic amines is 1. The van der Waals surface area contributed by atoms with E-state index in [4.69, 9.17) is 14.2 Å². The van der Waals surface area contributed by atoms with Crippen LogP contribution in [0, 0.1) is 5.92 Å². The van der Waals surface area contributed by atoms with Crippen molar-refractivity contribution >= 4 is 33.7 Å². The Balaban J connectivity index is 1.61. The number of nitrogens with zero attached hydrogens (tertiary/aromatic N) is 2. The van der Waals surface area contributed by atoms with Crippen molar-refractivity contribution in [3.8, 4) is 17.2 Å². The molecule has 4 rings (SSSR count). The number of ether oxygens (including phenoxy) is 3. The van der Waals surface area contributed by atoms with Crippen LogP contribution >= 0.6 is 11.8 Å². The van der Waals surface area contributed by atoms with E-state index in [1.54, 1.807) is 13.3 Å². The van der Waals surface area contributed by atoms with E-state index in [1.165, 1.54) is 11.8 Å². The van der Waals surface area contributed by atoms with Crippen LogP contribution in [0.1, 0.15) is 38.6 Å². The molecule has 0 bridgehead atoms. The molecule has 2 N–H and O–H groups in total. The Bertz CT molecular complexity index is 1190. The van der Waals surface area contributed by atoms with Gasteiger partial charge < -0.3 is 24.3 Å². The second-order valence-electron chi connectivity index (χ2n) is 8.41. The number of methoxy groups -OCH3 is 1. The molecule has 1 aliphatic heterocycles. The Labute approximate surface area is 202 Å². The molecule has 0 amide bonds. The third kappa shape index (κ3) is 5.37. The first kappa shape index (κ1) is 24.1. The lowest BCUT2D eigenvalue weighted by atomic mass is 10.0. The second kappa shape index (κ2) is 10.5. The monoisotopic (exact) mass is 483 g/mol. The lowest BCUT2D eigenvalue weighted by molar-refractivity contribution is -0.141. The van der Waals surface area contributed by atoms with Crippen LogP contribution in [-0.4, -0.2) is 51.1 Å². The summed E-state index contributed by atoms with van der Waals surface area (Å²) in [5.74, 6) is 0.732. The van der Waals surface area contributed by atoms with Gasteiger partial charge in [0.25, 0.3) is 0 Å². The Kier molecular flexibility index (Phi) is 7.43. The second-order valence-corrected chi connectivity index (χ2v) is 9.64. The quantitative estimate of drug-likeness (QED) is 0.405. The lowest BCUT2D eigenvalue weighted by Crippen LogP contribution is -2.26. The summed E-state index contributed by atoms with van der Waals surface area (Å²) in [6, 6.07) is 9.52. The molecule has 2 atom stereocenters. The minimum atomic E-state index is -0.771. The fraction of sp³-hybridized carbons (Fsp3) is 0.400. The molecule has 8 nitrogen and oxygen atoms in total. The first-order valence-corrected chi connectivity index (χ1v) is 12.1. The standard InChI is InChI=1S/C25H29N3O5S/c1-5-19(25(29)30)22-12-27-24(34-22)20-9-15-8-18(10-21(23(15)28-20)32-14(2)3)33-17-7-6-16(13-31-4)26-11-17/h6-11,14,19,22,28H,5,12-13H2,1-4H3,(H,29,30). The minimum Gasteiger partial charge on any atom is -0.489 e. The molecular formula is C25H29N3O5S. The molecule has 0 aliphatic carbocycles. The van der Waals surface area contributed by atoms with Gasteiger partial charge in [0.05, 0.1) is 48.3 Å². The lowest BCUT2D eigenvalue weighted by Gasteiger charge is -2.15. The highest BCUT2D eigenvalue weighted by molar-refractivity contribution is 8.15. The zero-order valence-corrected chi connectivity index (χ0v) is 20.5. The molecule has 3 aromatic rings. The molecule has 180 valence electrons. The van der Waals surface area contributed by atoms with Crippen molar-refractivity contribution in [2.75, 3.05) is 13.7 Å². The molecule has 1 aliphatic rings. The summed E-state index contributed by atoms with van der Waals surface area (Å²) in [6.07, 6.45) is 2.22. The number of carboxylic acids is 1. The van der Waals surface area contributed by atoms with Gasteiger partial charge in [-0.2, -0.15) is 0 Å². The van der Waals surface area contributed by atoms with Crippen LogP contribution in [0.25, 0.3) is 10.9 Å². The summed E-state index contributed by atoms with van der Waals surface area (Å²) in [7, 11) is 1.63. The first-order valence-electron chi connectivity index (χ1n) is 11.3. The van der Waals surface area contributed by atoms with Crippen molar-refractivity contribution in [3.05, 3.63) is 47.9 Å². The van der Waals surface area contributed by atoms with E-state index in [2.05, 4.69) is 15.0 Å². The third-order valence-corrected chi connectivity index (χ3v) is 6.82. The smallest absolute Gasteiger partial charge is 0.307 e. The van der Waals surface area contributed by atoms with Crippen molar-refractivity contribution in [1.29, 1.82) is 0 Å². The molecule has 1 aromatic carbocycles. The van der Waals surface area contributed by atoms with Crippen molar-refractivity contribution in [2.24, 2.45) is 10.9 Å². The summed E-state index contributed by atoms with van der Waals surface area (Å²) in [6.45, 7) is 6.78. The molecule has 3 heterocycles. The average molecular weight is 484 g/mol. The predicted octanol–water partition coefficient (Wildman–Crippen LogP) is 5.26. The highest BCUT2D eigenvalue weighted by atomic mass is 32.2. The number of hydrogen-bond donors (Lipinski definition) is 2. The molecule has 9 heteroatoms. The summed E-state index contributed by atoms with van der Waals surface area (Å²) < 4.78 is 17.2. The molecule has 0 spiro atoms. The van der Waals surface area contributed by atoms with Gasteiger partial charge in [-0.15, -0.1) is 0 Å². The summed E-state index contributed by atoms with van der Waals surface area (Å²) in [5.41, 5.74) is 2.52. The Morgan fingerprint density at radius 1 is 1.26 bits per heavy atom. The zero-order valence-electron chi connectivity index (χ0n) is 19.7. The van der Waals surface area contributed by atoms with Crippen molar-refractivity contribution < 1.29 is 24.1 Å². The number of fused-ring (bicyclic) bond motifs is 1. The molecule has 34 heavy (non-hydrogen) atoms. The van der Waals surface area contributed by atoms with Gasteiger partial charge in [0.2, 0.25) is 0 Å². The van der Waals surface area contributed by atoms with E-state index in [-0.39, 0.29) is 11.4 Å². The van der Waals surface area contributed by atoms with Crippen LogP contribution < -0.4 is 9.47 Å². The van der Waals surface area contributed by atoms with Crippen molar-refractivity contribution in [3.63, 3.8) is 0 Å². The van der Waals surface area contributed by atoms with Crippen LogP contribution in [-0.2, 0) is 16.1 Å². The summed E-state index contributed by atoms with van der Waals surface area (Å²) in [4.78, 5) is 24.0. The van der Waals surface area contributed by atoms with Crippen molar-refractivity contribution in [2.45, 2.75) is 45.2 Å². The Morgan fingerprint density at radius 3 is 2.74 bits per heavy atom. The number of aliphatic imine (C=N–C) groups is 1. The van der Waals surface area contributed by atoms with Gasteiger partial charge >= 0.3 is 5.97 Å².